The van der Waals surface area contributed by atoms with Crippen molar-refractivity contribution >= 4 is 5.70 Å². The number of hydrogen-bond donors (Lipinski definition) is 1. The molecule has 0 saturated heterocycles. The first-order valence-electron chi connectivity index (χ1n) is 9.33. The molecule has 2 aliphatic carbocycles. The fraction of sp³-hybridized carbons (Fsp3) is 0.478. The molecule has 1 heterocycles. The summed E-state index contributed by atoms with van der Waals surface area (Å²) >= 11 is 0. The number of nitrogens with one attached hydrogen (secondary N) is 1. The van der Waals surface area contributed by atoms with Gasteiger partial charge in [0.25, 0.3) is 0 Å². The summed E-state index contributed by atoms with van der Waals surface area (Å²) < 4.78 is 0. The summed E-state index contributed by atoms with van der Waals surface area (Å²) in [4.78, 5) is 0. The van der Waals surface area contributed by atoms with Gasteiger partial charge in [0.05, 0.1) is 0 Å². The molecule has 1 N–H and O–H groups in total. The van der Waals surface area contributed by atoms with Crippen molar-refractivity contribution in [2.75, 3.05) is 0 Å². The van der Waals surface area contributed by atoms with E-state index in [9.17, 15) is 0 Å². The summed E-state index contributed by atoms with van der Waals surface area (Å²) in [6.45, 7) is 13.6. The number of hydrogen-bond acceptors (Lipinski definition) is 1. The SMILES string of the molecule is C=C(/C=C1\NC(C)(C)Cc2ccc(C)cc21)C1=C2CC(C1)CC2C. The van der Waals surface area contributed by atoms with Gasteiger partial charge in [0.15, 0.2) is 0 Å². The second kappa shape index (κ2) is 5.37. The molecule has 4 rings (SSSR count). The highest BCUT2D eigenvalue weighted by molar-refractivity contribution is 5.73. The lowest BCUT2D eigenvalue weighted by Gasteiger charge is -2.36. The molecule has 3 aliphatic rings. The molecule has 0 spiro atoms. The Morgan fingerprint density at radius 1 is 1.29 bits per heavy atom. The van der Waals surface area contributed by atoms with Gasteiger partial charge in [-0.3, -0.25) is 0 Å². The molecule has 2 bridgehead atoms. The number of benzene rings is 1. The van der Waals surface area contributed by atoms with Crippen molar-refractivity contribution in [2.45, 2.75) is 58.9 Å². The van der Waals surface area contributed by atoms with E-state index in [1.165, 1.54) is 47.2 Å². The lowest BCUT2D eigenvalue weighted by atomic mass is 9.83. The third-order valence-corrected chi connectivity index (χ3v) is 6.04. The van der Waals surface area contributed by atoms with Crippen LogP contribution in [0, 0.1) is 18.8 Å². The van der Waals surface area contributed by atoms with Crippen molar-refractivity contribution in [1.82, 2.24) is 5.32 Å². The largest absolute Gasteiger partial charge is 0.379 e. The first-order chi connectivity index (χ1) is 11.3. The van der Waals surface area contributed by atoms with Crippen LogP contribution in [0.5, 0.6) is 0 Å². The molecule has 24 heavy (non-hydrogen) atoms. The molecule has 1 aromatic carbocycles. The Bertz CT molecular complexity index is 775. The molecule has 1 fully saturated rings. The van der Waals surface area contributed by atoms with E-state index in [2.05, 4.69) is 63.9 Å². The van der Waals surface area contributed by atoms with Gasteiger partial charge in [-0.05, 0) is 87.1 Å². The number of allylic oxidation sites excluding steroid dienone is 4. The average Bonchev–Trinajstić information content (AvgIpc) is 3.06. The molecule has 1 aliphatic heterocycles. The van der Waals surface area contributed by atoms with Crippen LogP contribution >= 0.6 is 0 Å². The van der Waals surface area contributed by atoms with Crippen molar-refractivity contribution < 1.29 is 0 Å². The minimum absolute atomic E-state index is 0.0914. The molecule has 0 radical (unpaired) electrons. The molecular weight excluding hydrogens is 290 g/mol. The van der Waals surface area contributed by atoms with E-state index in [0.29, 0.717) is 0 Å². The van der Waals surface area contributed by atoms with Gasteiger partial charge in [-0.2, -0.15) is 0 Å². The molecule has 1 saturated carbocycles. The predicted molar refractivity (Wildman–Crippen MR) is 103 cm³/mol. The monoisotopic (exact) mass is 319 g/mol. The van der Waals surface area contributed by atoms with Gasteiger partial charge in [0.2, 0.25) is 0 Å². The Hall–Kier alpha value is -1.76. The van der Waals surface area contributed by atoms with Crippen molar-refractivity contribution in [3.8, 4) is 0 Å². The van der Waals surface area contributed by atoms with E-state index in [0.717, 1.165) is 18.3 Å². The maximum atomic E-state index is 4.45. The topological polar surface area (TPSA) is 12.0 Å². The maximum Gasteiger partial charge on any atom is 0.0426 e. The van der Waals surface area contributed by atoms with Crippen LogP contribution in [0.2, 0.25) is 0 Å². The van der Waals surface area contributed by atoms with Gasteiger partial charge in [0.1, 0.15) is 0 Å². The number of rotatable bonds is 2. The average molecular weight is 319 g/mol. The van der Waals surface area contributed by atoms with Gasteiger partial charge in [0, 0.05) is 16.8 Å². The Morgan fingerprint density at radius 2 is 2.08 bits per heavy atom. The van der Waals surface area contributed by atoms with E-state index in [1.54, 1.807) is 11.1 Å². The van der Waals surface area contributed by atoms with Crippen LogP contribution in [0.25, 0.3) is 5.70 Å². The quantitative estimate of drug-likeness (QED) is 0.752. The van der Waals surface area contributed by atoms with E-state index < -0.39 is 0 Å². The zero-order chi connectivity index (χ0) is 17.1. The Balaban J connectivity index is 1.73. The van der Waals surface area contributed by atoms with Crippen LogP contribution in [0.4, 0.5) is 0 Å². The first kappa shape index (κ1) is 15.7. The van der Waals surface area contributed by atoms with Gasteiger partial charge < -0.3 is 5.32 Å². The third kappa shape index (κ3) is 2.64. The van der Waals surface area contributed by atoms with Crippen LogP contribution in [0.3, 0.4) is 0 Å². The fourth-order valence-corrected chi connectivity index (χ4v) is 4.99. The zero-order valence-electron chi connectivity index (χ0n) is 15.5. The molecule has 2 atom stereocenters. The van der Waals surface area contributed by atoms with Crippen molar-refractivity contribution in [2.24, 2.45) is 11.8 Å². The summed E-state index contributed by atoms with van der Waals surface area (Å²) in [5.74, 6) is 1.64. The molecule has 126 valence electrons. The van der Waals surface area contributed by atoms with Crippen molar-refractivity contribution in [1.29, 1.82) is 0 Å². The normalized spacial score (nSPS) is 28.9. The van der Waals surface area contributed by atoms with Gasteiger partial charge in [-0.15, -0.1) is 0 Å². The highest BCUT2D eigenvalue weighted by Crippen LogP contribution is 2.50. The lowest BCUT2D eigenvalue weighted by Crippen LogP contribution is -2.43. The predicted octanol–water partition coefficient (Wildman–Crippen LogP) is 5.56. The van der Waals surface area contributed by atoms with Crippen LogP contribution in [-0.2, 0) is 6.42 Å². The minimum Gasteiger partial charge on any atom is -0.379 e. The summed E-state index contributed by atoms with van der Waals surface area (Å²) in [6.07, 6.45) is 7.32. The molecule has 1 heteroatoms. The van der Waals surface area contributed by atoms with Crippen LogP contribution in [0.15, 0.2) is 47.6 Å². The molecule has 2 unspecified atom stereocenters. The second-order valence-electron chi connectivity index (χ2n) is 8.84. The maximum absolute atomic E-state index is 4.45. The van der Waals surface area contributed by atoms with Gasteiger partial charge in [-0.25, -0.2) is 0 Å². The molecule has 0 amide bonds. The van der Waals surface area contributed by atoms with Gasteiger partial charge >= 0.3 is 0 Å². The molecular formula is C23H29N. The van der Waals surface area contributed by atoms with Crippen LogP contribution < -0.4 is 5.32 Å². The number of aryl methyl sites for hydroxylation is 1. The standard InChI is InChI=1S/C23H29N/c1-14-6-7-18-13-23(4,5)24-22(21(18)8-14)10-16(3)20-12-17-9-15(2)19(20)11-17/h6-8,10,15,17,24H,3,9,11-13H2,1-2,4-5H3/b22-10-. The third-order valence-electron chi connectivity index (χ3n) is 6.04. The van der Waals surface area contributed by atoms with Crippen LogP contribution in [-0.4, -0.2) is 5.54 Å². The van der Waals surface area contributed by atoms with E-state index >= 15 is 0 Å². The summed E-state index contributed by atoms with van der Waals surface area (Å²) in [7, 11) is 0. The van der Waals surface area contributed by atoms with Gasteiger partial charge in [-0.1, -0.05) is 36.8 Å². The summed E-state index contributed by atoms with van der Waals surface area (Å²) in [5.41, 5.74) is 9.92. The summed E-state index contributed by atoms with van der Waals surface area (Å²) in [5, 5.41) is 3.76. The first-order valence-corrected chi connectivity index (χ1v) is 9.33. The van der Waals surface area contributed by atoms with Crippen molar-refractivity contribution in [3.05, 3.63) is 64.3 Å². The second-order valence-corrected chi connectivity index (χ2v) is 8.84. The Kier molecular flexibility index (Phi) is 3.53. The minimum atomic E-state index is 0.0914. The lowest BCUT2D eigenvalue weighted by molar-refractivity contribution is 0.437. The summed E-state index contributed by atoms with van der Waals surface area (Å²) in [6, 6.07) is 6.85. The van der Waals surface area contributed by atoms with E-state index in [4.69, 9.17) is 0 Å². The molecule has 1 aromatic rings. The van der Waals surface area contributed by atoms with Crippen LogP contribution in [0.1, 0.15) is 56.7 Å². The highest BCUT2D eigenvalue weighted by atomic mass is 15.0. The molecule has 1 nitrogen and oxygen atoms in total. The van der Waals surface area contributed by atoms with E-state index in [-0.39, 0.29) is 5.54 Å². The number of fused-ring (bicyclic) bond motifs is 3. The zero-order valence-corrected chi connectivity index (χ0v) is 15.5. The van der Waals surface area contributed by atoms with E-state index in [1.807, 2.05) is 0 Å². The smallest absolute Gasteiger partial charge is 0.0426 e. The Labute approximate surface area is 146 Å². The highest BCUT2D eigenvalue weighted by Gasteiger charge is 2.36. The molecule has 0 aromatic heterocycles. The fourth-order valence-electron chi connectivity index (χ4n) is 4.99. The van der Waals surface area contributed by atoms with Crippen molar-refractivity contribution in [3.63, 3.8) is 0 Å². The Morgan fingerprint density at radius 3 is 2.79 bits per heavy atom.